The Morgan fingerprint density at radius 3 is 2.59 bits per heavy atom. The van der Waals surface area contributed by atoms with Crippen LogP contribution >= 0.6 is 0 Å². The molecule has 2 atom stereocenters. The highest BCUT2D eigenvalue weighted by molar-refractivity contribution is 5.99. The largest absolute Gasteiger partial charge is 0.480 e. The number of fused-ring (bicyclic) bond motifs is 1. The second-order valence-electron chi connectivity index (χ2n) is 4.44. The number of carbonyl (C=O) groups excluding carboxylic acids is 1. The van der Waals surface area contributed by atoms with Crippen LogP contribution in [0.15, 0.2) is 24.3 Å². The molecule has 1 aromatic rings. The molecule has 0 saturated carbocycles. The lowest BCUT2D eigenvalue weighted by Gasteiger charge is -2.37. The third-order valence-corrected chi connectivity index (χ3v) is 3.24. The summed E-state index contributed by atoms with van der Waals surface area (Å²) in [5.74, 6) is -1.01. The Bertz CT molecular complexity index is 469. The van der Waals surface area contributed by atoms with Crippen LogP contribution in [0.5, 0.6) is 0 Å². The third-order valence-electron chi connectivity index (χ3n) is 3.24. The first-order chi connectivity index (χ1) is 8.02. The number of rotatable bonds is 1. The molecule has 4 heteroatoms. The van der Waals surface area contributed by atoms with E-state index in [0.717, 1.165) is 11.3 Å². The lowest BCUT2D eigenvalue weighted by molar-refractivity contribution is -0.140. The maximum atomic E-state index is 11.6. The van der Waals surface area contributed by atoms with Crippen molar-refractivity contribution in [3.63, 3.8) is 0 Å². The van der Waals surface area contributed by atoms with Crippen LogP contribution in [0.2, 0.25) is 0 Å². The Hall–Kier alpha value is -1.84. The monoisotopic (exact) mass is 233 g/mol. The Labute approximate surface area is 99.9 Å². The van der Waals surface area contributed by atoms with E-state index in [9.17, 15) is 14.7 Å². The van der Waals surface area contributed by atoms with Crippen molar-refractivity contribution < 1.29 is 14.7 Å². The SMILES string of the molecule is CC(=O)N1c2ccccc2[C@H](C)C[C@@H]1C(=O)O. The Balaban J connectivity index is 2.54. The van der Waals surface area contributed by atoms with Crippen LogP contribution in [-0.2, 0) is 9.59 Å². The molecule has 1 heterocycles. The zero-order valence-corrected chi connectivity index (χ0v) is 9.88. The number of carbonyl (C=O) groups is 2. The van der Waals surface area contributed by atoms with Gasteiger partial charge < -0.3 is 5.11 Å². The van der Waals surface area contributed by atoms with Crippen LogP contribution in [-0.4, -0.2) is 23.0 Å². The molecule has 0 radical (unpaired) electrons. The summed E-state index contributed by atoms with van der Waals surface area (Å²) in [6, 6.07) is 6.74. The van der Waals surface area contributed by atoms with E-state index in [1.54, 1.807) is 0 Å². The van der Waals surface area contributed by atoms with E-state index >= 15 is 0 Å². The standard InChI is InChI=1S/C13H15NO3/c1-8-7-12(13(16)17)14(9(2)15)11-6-4-3-5-10(8)11/h3-6,8,12H,7H2,1-2H3,(H,16,17)/t8-,12-/m1/s1. The molecule has 0 aromatic heterocycles. The highest BCUT2D eigenvalue weighted by atomic mass is 16.4. The molecule has 17 heavy (non-hydrogen) atoms. The van der Waals surface area contributed by atoms with Gasteiger partial charge in [-0.2, -0.15) is 0 Å². The molecule has 1 aliphatic heterocycles. The lowest BCUT2D eigenvalue weighted by Crippen LogP contribution is -2.47. The van der Waals surface area contributed by atoms with Gasteiger partial charge in [-0.25, -0.2) is 4.79 Å². The van der Waals surface area contributed by atoms with Gasteiger partial charge in [-0.05, 0) is 24.0 Å². The normalized spacial score (nSPS) is 23.1. The number of carboxylic acid groups (broad SMARTS) is 1. The molecular formula is C13H15NO3. The Kier molecular flexibility index (Phi) is 2.88. The average Bonchev–Trinajstić information content (AvgIpc) is 2.28. The van der Waals surface area contributed by atoms with Crippen LogP contribution in [0.1, 0.15) is 31.7 Å². The van der Waals surface area contributed by atoms with Gasteiger partial charge in [-0.3, -0.25) is 9.69 Å². The van der Waals surface area contributed by atoms with Gasteiger partial charge in [0.25, 0.3) is 0 Å². The maximum Gasteiger partial charge on any atom is 0.326 e. The number of carboxylic acids is 1. The summed E-state index contributed by atoms with van der Waals surface area (Å²) in [7, 11) is 0. The second kappa shape index (κ2) is 4.20. The van der Waals surface area contributed by atoms with Crippen molar-refractivity contribution in [1.29, 1.82) is 0 Å². The van der Waals surface area contributed by atoms with E-state index in [1.807, 2.05) is 31.2 Å². The minimum atomic E-state index is -0.943. The zero-order chi connectivity index (χ0) is 12.6. The summed E-state index contributed by atoms with van der Waals surface area (Å²) >= 11 is 0. The number of anilines is 1. The highest BCUT2D eigenvalue weighted by Gasteiger charge is 2.36. The van der Waals surface area contributed by atoms with Gasteiger partial charge in [0.2, 0.25) is 5.91 Å². The van der Waals surface area contributed by atoms with E-state index < -0.39 is 12.0 Å². The number of benzene rings is 1. The van der Waals surface area contributed by atoms with E-state index in [0.29, 0.717) is 6.42 Å². The molecule has 0 unspecified atom stereocenters. The molecule has 1 amide bonds. The molecular weight excluding hydrogens is 218 g/mol. The maximum absolute atomic E-state index is 11.6. The second-order valence-corrected chi connectivity index (χ2v) is 4.44. The van der Waals surface area contributed by atoms with Crippen LogP contribution in [0.4, 0.5) is 5.69 Å². The summed E-state index contributed by atoms with van der Waals surface area (Å²) in [5.41, 5.74) is 1.77. The van der Waals surface area contributed by atoms with Crippen LogP contribution < -0.4 is 4.90 Å². The molecule has 4 nitrogen and oxygen atoms in total. The zero-order valence-electron chi connectivity index (χ0n) is 9.88. The first-order valence-electron chi connectivity index (χ1n) is 5.64. The van der Waals surface area contributed by atoms with Crippen LogP contribution in [0.3, 0.4) is 0 Å². The predicted molar refractivity (Wildman–Crippen MR) is 64.1 cm³/mol. The first-order valence-corrected chi connectivity index (χ1v) is 5.64. The molecule has 0 fully saturated rings. The predicted octanol–water partition coefficient (Wildman–Crippen LogP) is 2.00. The molecule has 90 valence electrons. The number of hydrogen-bond donors (Lipinski definition) is 1. The van der Waals surface area contributed by atoms with Crippen LogP contribution in [0.25, 0.3) is 0 Å². The minimum absolute atomic E-state index is 0.155. The fourth-order valence-corrected chi connectivity index (χ4v) is 2.46. The summed E-state index contributed by atoms with van der Waals surface area (Å²) in [4.78, 5) is 24.3. The molecule has 0 bridgehead atoms. The third kappa shape index (κ3) is 1.90. The van der Waals surface area contributed by atoms with E-state index in [-0.39, 0.29) is 11.8 Å². The topological polar surface area (TPSA) is 57.6 Å². The molecule has 0 spiro atoms. The van der Waals surface area contributed by atoms with Gasteiger partial charge in [0.15, 0.2) is 0 Å². The molecule has 1 N–H and O–H groups in total. The molecule has 1 aliphatic rings. The molecule has 1 aromatic carbocycles. The Morgan fingerprint density at radius 1 is 1.35 bits per heavy atom. The summed E-state index contributed by atoms with van der Waals surface area (Å²) in [6.07, 6.45) is 0.464. The number of para-hydroxylation sites is 1. The highest BCUT2D eigenvalue weighted by Crippen LogP contribution is 2.38. The fourth-order valence-electron chi connectivity index (χ4n) is 2.46. The number of aliphatic carboxylic acids is 1. The van der Waals surface area contributed by atoms with Crippen molar-refractivity contribution >= 4 is 17.6 Å². The molecule has 0 aliphatic carbocycles. The minimum Gasteiger partial charge on any atom is -0.480 e. The first kappa shape index (κ1) is 11.6. The van der Waals surface area contributed by atoms with Crippen molar-refractivity contribution in [2.24, 2.45) is 0 Å². The molecule has 0 saturated heterocycles. The van der Waals surface area contributed by atoms with Gasteiger partial charge in [-0.15, -0.1) is 0 Å². The summed E-state index contributed by atoms with van der Waals surface area (Å²) in [5, 5.41) is 9.21. The van der Waals surface area contributed by atoms with Crippen molar-refractivity contribution in [1.82, 2.24) is 0 Å². The fraction of sp³-hybridized carbons (Fsp3) is 0.385. The van der Waals surface area contributed by atoms with Gasteiger partial charge in [0.05, 0.1) is 0 Å². The van der Waals surface area contributed by atoms with Gasteiger partial charge in [-0.1, -0.05) is 25.1 Å². The summed E-state index contributed by atoms with van der Waals surface area (Å²) < 4.78 is 0. The smallest absolute Gasteiger partial charge is 0.326 e. The van der Waals surface area contributed by atoms with Gasteiger partial charge in [0.1, 0.15) is 6.04 Å². The van der Waals surface area contributed by atoms with Crippen molar-refractivity contribution in [2.45, 2.75) is 32.2 Å². The molecule has 2 rings (SSSR count). The van der Waals surface area contributed by atoms with Crippen molar-refractivity contribution in [3.8, 4) is 0 Å². The average molecular weight is 233 g/mol. The summed E-state index contributed by atoms with van der Waals surface area (Å²) in [6.45, 7) is 3.40. The number of nitrogens with zero attached hydrogens (tertiary/aromatic N) is 1. The van der Waals surface area contributed by atoms with Crippen LogP contribution in [0, 0.1) is 0 Å². The van der Waals surface area contributed by atoms with E-state index in [1.165, 1.54) is 11.8 Å². The number of amides is 1. The lowest BCUT2D eigenvalue weighted by atomic mass is 9.87. The van der Waals surface area contributed by atoms with Crippen molar-refractivity contribution in [3.05, 3.63) is 29.8 Å². The van der Waals surface area contributed by atoms with E-state index in [4.69, 9.17) is 0 Å². The number of hydrogen-bond acceptors (Lipinski definition) is 2. The van der Waals surface area contributed by atoms with E-state index in [2.05, 4.69) is 0 Å². The van der Waals surface area contributed by atoms with Gasteiger partial charge in [0, 0.05) is 12.6 Å². The quantitative estimate of drug-likeness (QED) is 0.807. The van der Waals surface area contributed by atoms with Crippen molar-refractivity contribution in [2.75, 3.05) is 4.90 Å². The Morgan fingerprint density at radius 2 is 2.00 bits per heavy atom. The van der Waals surface area contributed by atoms with Gasteiger partial charge >= 0.3 is 5.97 Å².